The summed E-state index contributed by atoms with van der Waals surface area (Å²) < 4.78 is 31.2. The fraction of sp³-hybridized carbons (Fsp3) is 0.462. The first-order valence-corrected chi connectivity index (χ1v) is 5.72. The Morgan fingerprint density at radius 3 is 2.50 bits per heavy atom. The molecule has 98 valence electrons. The van der Waals surface area contributed by atoms with Crippen molar-refractivity contribution in [2.75, 3.05) is 7.11 Å². The average molecular weight is 256 g/mol. The van der Waals surface area contributed by atoms with Crippen LogP contribution in [0.5, 0.6) is 5.75 Å². The molecule has 0 bridgehead atoms. The molecule has 0 amide bonds. The summed E-state index contributed by atoms with van der Waals surface area (Å²) in [5.74, 6) is -0.987. The van der Waals surface area contributed by atoms with Crippen LogP contribution >= 0.6 is 0 Å². The van der Waals surface area contributed by atoms with Gasteiger partial charge in [0, 0.05) is 0 Å². The Morgan fingerprint density at radius 2 is 2.11 bits per heavy atom. The molecule has 3 nitrogen and oxygen atoms in total. The van der Waals surface area contributed by atoms with Gasteiger partial charge in [0.1, 0.15) is 5.75 Å². The number of carboxylic acid groups (broad SMARTS) is 1. The van der Waals surface area contributed by atoms with Crippen molar-refractivity contribution in [1.82, 2.24) is 0 Å². The van der Waals surface area contributed by atoms with Crippen LogP contribution in [-0.4, -0.2) is 18.2 Å². The number of carbonyl (C=O) groups is 1. The third-order valence-corrected chi connectivity index (χ3v) is 3.64. The highest BCUT2D eigenvalue weighted by atomic mass is 19.3. The van der Waals surface area contributed by atoms with E-state index in [4.69, 9.17) is 4.74 Å². The number of ether oxygens (including phenoxy) is 1. The monoisotopic (exact) mass is 256 g/mol. The molecule has 0 heterocycles. The van der Waals surface area contributed by atoms with Gasteiger partial charge in [0.15, 0.2) is 0 Å². The lowest BCUT2D eigenvalue weighted by atomic mass is 9.63. The van der Waals surface area contributed by atoms with Crippen LogP contribution in [-0.2, 0) is 10.2 Å². The van der Waals surface area contributed by atoms with Gasteiger partial charge in [-0.25, -0.2) is 8.78 Å². The maximum Gasteiger partial charge on any atom is 0.314 e. The summed E-state index contributed by atoms with van der Waals surface area (Å²) in [6.45, 7) is 0. The molecule has 1 fully saturated rings. The van der Waals surface area contributed by atoms with Crippen molar-refractivity contribution < 1.29 is 23.4 Å². The summed E-state index contributed by atoms with van der Waals surface area (Å²) >= 11 is 0. The predicted molar refractivity (Wildman–Crippen MR) is 61.1 cm³/mol. The lowest BCUT2D eigenvalue weighted by molar-refractivity contribution is -0.147. The van der Waals surface area contributed by atoms with Gasteiger partial charge in [-0.3, -0.25) is 4.79 Å². The van der Waals surface area contributed by atoms with Crippen LogP contribution in [0.2, 0.25) is 0 Å². The number of rotatable bonds is 4. The number of hydrogen-bond donors (Lipinski definition) is 1. The minimum atomic E-state index is -2.74. The number of aliphatic carboxylic acids is 1. The van der Waals surface area contributed by atoms with Crippen LogP contribution < -0.4 is 4.74 Å². The molecular formula is C13H14F2O3. The number of halogens is 2. The van der Waals surface area contributed by atoms with Crippen LogP contribution in [0.25, 0.3) is 0 Å². The number of methoxy groups -OCH3 is 1. The summed E-state index contributed by atoms with van der Waals surface area (Å²) in [6, 6.07) is 4.46. The van der Waals surface area contributed by atoms with Gasteiger partial charge in [0.2, 0.25) is 0 Å². The summed E-state index contributed by atoms with van der Waals surface area (Å²) in [6.07, 6.45) is -1.20. The highest BCUT2D eigenvalue weighted by Crippen LogP contribution is 2.48. The average Bonchev–Trinajstić information content (AvgIpc) is 2.26. The first-order valence-electron chi connectivity index (χ1n) is 5.72. The minimum absolute atomic E-state index is 0.0509. The molecule has 1 aromatic rings. The molecule has 0 aliphatic heterocycles. The molecule has 18 heavy (non-hydrogen) atoms. The smallest absolute Gasteiger partial charge is 0.314 e. The fourth-order valence-corrected chi connectivity index (χ4v) is 2.49. The molecule has 5 heteroatoms. The van der Waals surface area contributed by atoms with Crippen molar-refractivity contribution in [1.29, 1.82) is 0 Å². The van der Waals surface area contributed by atoms with E-state index in [2.05, 4.69) is 0 Å². The van der Waals surface area contributed by atoms with Crippen molar-refractivity contribution >= 4 is 5.97 Å². The Labute approximate surface area is 103 Å². The molecule has 0 unspecified atom stereocenters. The van der Waals surface area contributed by atoms with Crippen LogP contribution in [0.3, 0.4) is 0 Å². The van der Waals surface area contributed by atoms with Crippen LogP contribution in [0, 0.1) is 0 Å². The van der Waals surface area contributed by atoms with Gasteiger partial charge in [-0.15, -0.1) is 0 Å². The van der Waals surface area contributed by atoms with E-state index in [0.29, 0.717) is 12.8 Å². The molecule has 1 N–H and O–H groups in total. The number of alkyl halides is 2. The Hall–Kier alpha value is -1.65. The topological polar surface area (TPSA) is 46.5 Å². The van der Waals surface area contributed by atoms with Gasteiger partial charge in [-0.1, -0.05) is 18.6 Å². The normalized spacial score (nSPS) is 17.3. The van der Waals surface area contributed by atoms with Crippen molar-refractivity contribution in [2.45, 2.75) is 31.1 Å². The molecular weight excluding hydrogens is 242 g/mol. The molecule has 0 aromatic heterocycles. The van der Waals surface area contributed by atoms with E-state index < -0.39 is 17.8 Å². The largest absolute Gasteiger partial charge is 0.496 e. The highest BCUT2D eigenvalue weighted by molar-refractivity contribution is 5.83. The van der Waals surface area contributed by atoms with Gasteiger partial charge in [0.05, 0.1) is 18.1 Å². The van der Waals surface area contributed by atoms with E-state index in [0.717, 1.165) is 6.42 Å². The van der Waals surface area contributed by atoms with Gasteiger partial charge in [-0.05, 0) is 24.5 Å². The van der Waals surface area contributed by atoms with E-state index in [1.807, 2.05) is 0 Å². The van der Waals surface area contributed by atoms with Crippen LogP contribution in [0.1, 0.15) is 36.8 Å². The summed E-state index contributed by atoms with van der Waals surface area (Å²) in [4.78, 5) is 11.4. The number of carboxylic acids is 1. The Balaban J connectivity index is 2.60. The second-order valence-corrected chi connectivity index (χ2v) is 4.46. The zero-order valence-corrected chi connectivity index (χ0v) is 9.95. The molecule has 1 aromatic carbocycles. The molecule has 0 radical (unpaired) electrons. The third-order valence-electron chi connectivity index (χ3n) is 3.64. The minimum Gasteiger partial charge on any atom is -0.496 e. The summed E-state index contributed by atoms with van der Waals surface area (Å²) in [5.41, 5.74) is -1.27. The third kappa shape index (κ3) is 1.74. The van der Waals surface area contributed by atoms with Gasteiger partial charge in [-0.2, -0.15) is 0 Å². The van der Waals surface area contributed by atoms with E-state index in [1.54, 1.807) is 6.07 Å². The van der Waals surface area contributed by atoms with Crippen LogP contribution in [0.15, 0.2) is 18.2 Å². The molecule has 0 saturated heterocycles. The van der Waals surface area contributed by atoms with Gasteiger partial charge >= 0.3 is 5.97 Å². The number of benzene rings is 1. The van der Waals surface area contributed by atoms with Crippen molar-refractivity contribution in [3.63, 3.8) is 0 Å². The Kier molecular flexibility index (Phi) is 3.24. The Bertz CT molecular complexity index is 467. The molecule has 0 atom stereocenters. The maximum absolute atomic E-state index is 13.2. The SMILES string of the molecule is COc1cccc(C2(C(=O)O)CCC2)c1C(F)F. The number of hydrogen-bond acceptors (Lipinski definition) is 2. The summed E-state index contributed by atoms with van der Waals surface area (Å²) in [7, 11) is 1.30. The first-order chi connectivity index (χ1) is 8.53. The van der Waals surface area contributed by atoms with E-state index in [-0.39, 0.29) is 16.9 Å². The fourth-order valence-electron chi connectivity index (χ4n) is 2.49. The second kappa shape index (κ2) is 4.55. The zero-order valence-electron chi connectivity index (χ0n) is 9.95. The van der Waals surface area contributed by atoms with E-state index >= 15 is 0 Å². The first kappa shape index (κ1) is 12.8. The molecule has 2 rings (SSSR count). The van der Waals surface area contributed by atoms with Gasteiger partial charge in [0.25, 0.3) is 6.43 Å². The molecule has 1 aliphatic rings. The standard InChI is InChI=1S/C13H14F2O3/c1-18-9-5-2-4-8(10(9)11(14)15)13(12(16)17)6-3-7-13/h2,4-5,11H,3,6-7H2,1H3,(H,16,17). The van der Waals surface area contributed by atoms with Gasteiger partial charge < -0.3 is 9.84 Å². The van der Waals surface area contributed by atoms with E-state index in [9.17, 15) is 18.7 Å². The lowest BCUT2D eigenvalue weighted by Crippen LogP contribution is -2.43. The zero-order chi connectivity index (χ0) is 13.3. The van der Waals surface area contributed by atoms with Crippen molar-refractivity contribution in [3.8, 4) is 5.75 Å². The van der Waals surface area contributed by atoms with E-state index in [1.165, 1.54) is 19.2 Å². The van der Waals surface area contributed by atoms with Crippen molar-refractivity contribution in [2.24, 2.45) is 0 Å². The maximum atomic E-state index is 13.2. The second-order valence-electron chi connectivity index (χ2n) is 4.46. The molecule has 1 saturated carbocycles. The Morgan fingerprint density at radius 1 is 1.44 bits per heavy atom. The predicted octanol–water partition coefficient (Wildman–Crippen LogP) is 3.14. The molecule has 0 spiro atoms. The quantitative estimate of drug-likeness (QED) is 0.900. The van der Waals surface area contributed by atoms with Crippen molar-refractivity contribution in [3.05, 3.63) is 29.3 Å². The lowest BCUT2D eigenvalue weighted by Gasteiger charge is -2.39. The van der Waals surface area contributed by atoms with Crippen LogP contribution in [0.4, 0.5) is 8.78 Å². The highest BCUT2D eigenvalue weighted by Gasteiger charge is 2.48. The summed E-state index contributed by atoms with van der Waals surface area (Å²) in [5, 5.41) is 9.32. The molecule has 1 aliphatic carbocycles.